The highest BCUT2D eigenvalue weighted by molar-refractivity contribution is 5.75. The summed E-state index contributed by atoms with van der Waals surface area (Å²) in [6.45, 7) is 3.91. The summed E-state index contributed by atoms with van der Waals surface area (Å²) in [5.74, 6) is -0.0640. The molecule has 0 saturated carbocycles. The van der Waals surface area contributed by atoms with Crippen LogP contribution in [-0.4, -0.2) is 18.4 Å². The molecule has 0 N–H and O–H groups in total. The molecular weight excluding hydrogens is 228 g/mol. The summed E-state index contributed by atoms with van der Waals surface area (Å²) < 4.78 is 5.05. The van der Waals surface area contributed by atoms with E-state index in [4.69, 9.17) is 4.74 Å². The first-order valence-electron chi connectivity index (χ1n) is 6.28. The molecule has 0 bridgehead atoms. The van der Waals surface area contributed by atoms with Crippen LogP contribution in [0.3, 0.4) is 0 Å². The second-order valence-corrected chi connectivity index (χ2v) is 4.52. The molecule has 1 aromatic rings. The molecule has 1 rings (SSSR count). The molecule has 0 radical (unpaired) electrons. The predicted molar refractivity (Wildman–Crippen MR) is 70.4 cm³/mol. The summed E-state index contributed by atoms with van der Waals surface area (Å²) in [5, 5.41) is 0. The molecule has 98 valence electrons. The van der Waals surface area contributed by atoms with Crippen molar-refractivity contribution in [1.29, 1.82) is 0 Å². The number of benzene rings is 1. The Morgan fingerprint density at radius 3 is 2.67 bits per heavy atom. The summed E-state index contributed by atoms with van der Waals surface area (Å²) >= 11 is 0. The fourth-order valence-corrected chi connectivity index (χ4v) is 1.69. The quantitative estimate of drug-likeness (QED) is 0.550. The third-order valence-electron chi connectivity index (χ3n) is 2.64. The number of hydrogen-bond acceptors (Lipinski definition) is 3. The van der Waals surface area contributed by atoms with Crippen LogP contribution in [0.4, 0.5) is 0 Å². The summed E-state index contributed by atoms with van der Waals surface area (Å²) in [5.41, 5.74) is 2.35. The zero-order valence-corrected chi connectivity index (χ0v) is 11.1. The molecule has 0 unspecified atom stereocenters. The van der Waals surface area contributed by atoms with Crippen molar-refractivity contribution in [2.24, 2.45) is 0 Å². The van der Waals surface area contributed by atoms with Crippen LogP contribution in [0.15, 0.2) is 24.3 Å². The van der Waals surface area contributed by atoms with E-state index in [1.54, 1.807) is 6.92 Å². The molecule has 0 atom stereocenters. The zero-order valence-electron chi connectivity index (χ0n) is 11.1. The van der Waals surface area contributed by atoms with Crippen molar-refractivity contribution in [2.75, 3.05) is 6.61 Å². The van der Waals surface area contributed by atoms with Crippen molar-refractivity contribution in [1.82, 2.24) is 0 Å². The molecule has 0 aliphatic rings. The van der Waals surface area contributed by atoms with Crippen molar-refractivity contribution in [3.05, 3.63) is 35.4 Å². The Morgan fingerprint density at radius 1 is 1.22 bits per heavy atom. The van der Waals surface area contributed by atoms with Gasteiger partial charge in [0.1, 0.15) is 5.78 Å². The molecule has 0 heterocycles. The smallest absolute Gasteiger partial charge is 0.306 e. The lowest BCUT2D eigenvalue weighted by Crippen LogP contribution is -2.08. The number of ketones is 1. The Bertz CT molecular complexity index is 410. The Labute approximate surface area is 108 Å². The van der Waals surface area contributed by atoms with Gasteiger partial charge in [0.25, 0.3) is 0 Å². The maximum atomic E-state index is 11.4. The largest absolute Gasteiger partial charge is 0.466 e. The Balaban J connectivity index is 2.19. The number of carbonyl (C=O) groups excluding carboxylic acids is 2. The van der Waals surface area contributed by atoms with Gasteiger partial charge in [-0.3, -0.25) is 4.79 Å². The molecule has 1 aromatic carbocycles. The van der Waals surface area contributed by atoms with Crippen LogP contribution in [0.5, 0.6) is 0 Å². The van der Waals surface area contributed by atoms with Crippen LogP contribution in [0.2, 0.25) is 0 Å². The summed E-state index contributed by atoms with van der Waals surface area (Å²) in [6, 6.07) is 8.10. The fourth-order valence-electron chi connectivity index (χ4n) is 1.69. The average molecular weight is 248 g/mol. The molecule has 3 nitrogen and oxygen atoms in total. The second kappa shape index (κ2) is 7.64. The fraction of sp³-hybridized carbons (Fsp3) is 0.467. The van der Waals surface area contributed by atoms with Crippen molar-refractivity contribution >= 4 is 11.8 Å². The molecule has 0 amide bonds. The number of Topliss-reactive ketones (excluding diaryl/α,β-unsaturated/α-hetero) is 1. The highest BCUT2D eigenvalue weighted by Gasteiger charge is 2.04. The zero-order chi connectivity index (χ0) is 13.4. The number of ether oxygens (including phenoxy) is 1. The standard InChI is InChI=1S/C15H20O3/c1-12-5-3-7-14(11-12)8-9-15(17)18-10-4-6-13(2)16/h3,5,7,11H,4,6,8-10H2,1-2H3. The van der Waals surface area contributed by atoms with E-state index in [2.05, 4.69) is 6.07 Å². The van der Waals surface area contributed by atoms with E-state index in [1.807, 2.05) is 25.1 Å². The van der Waals surface area contributed by atoms with E-state index in [-0.39, 0.29) is 11.8 Å². The highest BCUT2D eigenvalue weighted by atomic mass is 16.5. The van der Waals surface area contributed by atoms with Crippen LogP contribution in [0, 0.1) is 6.92 Å². The number of hydrogen-bond donors (Lipinski definition) is 0. The minimum absolute atomic E-state index is 0.130. The minimum Gasteiger partial charge on any atom is -0.466 e. The van der Waals surface area contributed by atoms with Gasteiger partial charge >= 0.3 is 5.97 Å². The van der Waals surface area contributed by atoms with Crippen molar-refractivity contribution in [3.8, 4) is 0 Å². The maximum absolute atomic E-state index is 11.4. The minimum atomic E-state index is -0.194. The van der Waals surface area contributed by atoms with E-state index >= 15 is 0 Å². The van der Waals surface area contributed by atoms with Crippen LogP contribution < -0.4 is 0 Å². The monoisotopic (exact) mass is 248 g/mol. The second-order valence-electron chi connectivity index (χ2n) is 4.52. The van der Waals surface area contributed by atoms with Crippen molar-refractivity contribution < 1.29 is 14.3 Å². The third kappa shape index (κ3) is 6.18. The summed E-state index contributed by atoms with van der Waals surface area (Å²) in [7, 11) is 0. The van der Waals surface area contributed by atoms with Gasteiger partial charge in [0.15, 0.2) is 0 Å². The number of aryl methyl sites for hydroxylation is 2. The van der Waals surface area contributed by atoms with Crippen LogP contribution in [0.1, 0.15) is 37.3 Å². The molecule has 0 aliphatic heterocycles. The molecule has 0 saturated heterocycles. The lowest BCUT2D eigenvalue weighted by molar-refractivity contribution is -0.144. The predicted octanol–water partition coefficient (Wildman–Crippen LogP) is 2.84. The van der Waals surface area contributed by atoms with E-state index in [9.17, 15) is 9.59 Å². The van der Waals surface area contributed by atoms with Crippen molar-refractivity contribution in [2.45, 2.75) is 39.5 Å². The Kier molecular flexibility index (Phi) is 6.12. The van der Waals surface area contributed by atoms with Crippen LogP contribution in [0.25, 0.3) is 0 Å². The first kappa shape index (κ1) is 14.4. The number of rotatable bonds is 7. The SMILES string of the molecule is CC(=O)CCCOC(=O)CCc1cccc(C)c1. The lowest BCUT2D eigenvalue weighted by atomic mass is 10.1. The molecule has 0 spiro atoms. The van der Waals surface area contributed by atoms with E-state index in [0.29, 0.717) is 32.3 Å². The van der Waals surface area contributed by atoms with Gasteiger partial charge in [0, 0.05) is 12.8 Å². The van der Waals surface area contributed by atoms with Gasteiger partial charge in [-0.1, -0.05) is 29.8 Å². The van der Waals surface area contributed by atoms with Gasteiger partial charge in [-0.25, -0.2) is 0 Å². The van der Waals surface area contributed by atoms with Crippen LogP contribution >= 0.6 is 0 Å². The van der Waals surface area contributed by atoms with Gasteiger partial charge in [-0.2, -0.15) is 0 Å². The topological polar surface area (TPSA) is 43.4 Å². The first-order chi connectivity index (χ1) is 8.58. The molecule has 0 aliphatic carbocycles. The lowest BCUT2D eigenvalue weighted by Gasteiger charge is -2.04. The Hall–Kier alpha value is -1.64. The highest BCUT2D eigenvalue weighted by Crippen LogP contribution is 2.07. The molecule has 18 heavy (non-hydrogen) atoms. The molecule has 0 aromatic heterocycles. The summed E-state index contributed by atoms with van der Waals surface area (Å²) in [6.07, 6.45) is 2.19. The molecule has 0 fully saturated rings. The van der Waals surface area contributed by atoms with Gasteiger partial charge in [0.2, 0.25) is 0 Å². The maximum Gasteiger partial charge on any atom is 0.306 e. The van der Waals surface area contributed by atoms with Gasteiger partial charge < -0.3 is 9.53 Å². The van der Waals surface area contributed by atoms with Gasteiger partial charge in [-0.15, -0.1) is 0 Å². The van der Waals surface area contributed by atoms with Crippen molar-refractivity contribution in [3.63, 3.8) is 0 Å². The summed E-state index contributed by atoms with van der Waals surface area (Å²) in [4.78, 5) is 22.1. The average Bonchev–Trinajstić information content (AvgIpc) is 2.32. The number of carbonyl (C=O) groups is 2. The van der Waals surface area contributed by atoms with E-state index < -0.39 is 0 Å². The molecule has 3 heteroatoms. The Morgan fingerprint density at radius 2 is 2.00 bits per heavy atom. The van der Waals surface area contributed by atoms with Crippen LogP contribution in [-0.2, 0) is 20.7 Å². The normalized spacial score (nSPS) is 10.1. The molecular formula is C15H20O3. The van der Waals surface area contributed by atoms with Gasteiger partial charge in [0.05, 0.1) is 6.61 Å². The number of esters is 1. The van der Waals surface area contributed by atoms with E-state index in [1.165, 1.54) is 5.56 Å². The van der Waals surface area contributed by atoms with Gasteiger partial charge in [-0.05, 0) is 32.3 Å². The third-order valence-corrected chi connectivity index (χ3v) is 2.64. The van der Waals surface area contributed by atoms with E-state index in [0.717, 1.165) is 5.56 Å². The first-order valence-corrected chi connectivity index (χ1v) is 6.28.